The summed E-state index contributed by atoms with van der Waals surface area (Å²) < 4.78 is 61.3. The summed E-state index contributed by atoms with van der Waals surface area (Å²) in [7, 11) is -4.26. The summed E-state index contributed by atoms with van der Waals surface area (Å²) in [6, 6.07) is 7.42. The number of alkyl halides is 3. The van der Waals surface area contributed by atoms with Crippen LogP contribution in [0.3, 0.4) is 0 Å². The molecule has 2 rings (SSSR count). The summed E-state index contributed by atoms with van der Waals surface area (Å²) in [5.41, 5.74) is -1.24. The zero-order chi connectivity index (χ0) is 17.4. The van der Waals surface area contributed by atoms with Gasteiger partial charge in [-0.15, -0.1) is 0 Å². The molecule has 5 nitrogen and oxygen atoms in total. The fraction of sp³-hybridized carbons (Fsp3) is 0.0714. The Kier molecular flexibility index (Phi) is 4.07. The lowest BCUT2D eigenvalue weighted by Crippen LogP contribution is -2.12. The number of aromatic hydroxyl groups is 1. The van der Waals surface area contributed by atoms with E-state index in [1.165, 1.54) is 12.1 Å². The molecule has 0 fully saturated rings. The minimum atomic E-state index is -4.67. The topological polar surface area (TPSA) is 104 Å². The molecular formula is C14H9F3N2O3S. The van der Waals surface area contributed by atoms with E-state index in [2.05, 4.69) is 0 Å². The van der Waals surface area contributed by atoms with Gasteiger partial charge in [0.15, 0.2) is 0 Å². The fourth-order valence-corrected chi connectivity index (χ4v) is 2.59. The van der Waals surface area contributed by atoms with E-state index in [0.29, 0.717) is 6.07 Å². The second-order valence-electron chi connectivity index (χ2n) is 4.64. The van der Waals surface area contributed by atoms with E-state index in [4.69, 9.17) is 10.4 Å². The first-order valence-electron chi connectivity index (χ1n) is 6.01. The molecule has 23 heavy (non-hydrogen) atoms. The van der Waals surface area contributed by atoms with Gasteiger partial charge in [-0.3, -0.25) is 0 Å². The van der Waals surface area contributed by atoms with Crippen molar-refractivity contribution in [2.24, 2.45) is 5.14 Å². The lowest BCUT2D eigenvalue weighted by molar-refractivity contribution is -0.137. The Balaban J connectivity index is 2.70. The van der Waals surface area contributed by atoms with E-state index in [9.17, 15) is 26.7 Å². The molecule has 2 aromatic carbocycles. The van der Waals surface area contributed by atoms with E-state index in [0.717, 1.165) is 18.2 Å². The van der Waals surface area contributed by atoms with Gasteiger partial charge in [-0.2, -0.15) is 18.4 Å². The summed E-state index contributed by atoms with van der Waals surface area (Å²) >= 11 is 0. The quantitative estimate of drug-likeness (QED) is 0.875. The molecule has 0 aromatic heterocycles. The Morgan fingerprint density at radius 2 is 1.74 bits per heavy atom. The summed E-state index contributed by atoms with van der Waals surface area (Å²) in [5.74, 6) is -0.622. The van der Waals surface area contributed by atoms with Crippen LogP contribution in [0.2, 0.25) is 0 Å². The molecule has 0 unspecified atom stereocenters. The molecule has 0 spiro atoms. The molecule has 0 saturated carbocycles. The Hall–Kier alpha value is -2.57. The number of nitrogens with two attached hydrogens (primary N) is 1. The number of benzene rings is 2. The van der Waals surface area contributed by atoms with Crippen LogP contribution in [0.25, 0.3) is 11.1 Å². The number of nitrogens with zero attached hydrogens (tertiary/aromatic N) is 1. The highest BCUT2D eigenvalue weighted by Gasteiger charge is 2.31. The van der Waals surface area contributed by atoms with Gasteiger partial charge in [0.2, 0.25) is 10.0 Å². The monoisotopic (exact) mass is 342 g/mol. The maximum atomic E-state index is 12.9. The van der Waals surface area contributed by atoms with Gasteiger partial charge in [-0.05, 0) is 41.5 Å². The van der Waals surface area contributed by atoms with E-state index in [1.807, 2.05) is 0 Å². The average Bonchev–Trinajstić information content (AvgIpc) is 2.45. The van der Waals surface area contributed by atoms with Crippen molar-refractivity contribution in [2.75, 3.05) is 0 Å². The van der Waals surface area contributed by atoms with Crippen molar-refractivity contribution < 1.29 is 26.7 Å². The molecule has 9 heteroatoms. The van der Waals surface area contributed by atoms with Crippen LogP contribution in [0.15, 0.2) is 41.3 Å². The second-order valence-corrected chi connectivity index (χ2v) is 6.17. The lowest BCUT2D eigenvalue weighted by atomic mass is 10.00. The third-order valence-corrected chi connectivity index (χ3v) is 3.93. The van der Waals surface area contributed by atoms with Crippen molar-refractivity contribution in [3.05, 3.63) is 47.5 Å². The minimum absolute atomic E-state index is 0.0266. The number of nitriles is 1. The number of hydrogen-bond acceptors (Lipinski definition) is 4. The van der Waals surface area contributed by atoms with Crippen molar-refractivity contribution in [2.45, 2.75) is 11.1 Å². The second kappa shape index (κ2) is 5.57. The van der Waals surface area contributed by atoms with Crippen LogP contribution < -0.4 is 5.14 Å². The molecule has 0 amide bonds. The molecular weight excluding hydrogens is 333 g/mol. The normalized spacial score (nSPS) is 12.0. The molecule has 0 bridgehead atoms. The van der Waals surface area contributed by atoms with E-state index < -0.39 is 32.4 Å². The smallest absolute Gasteiger partial charge is 0.416 e. The van der Waals surface area contributed by atoms with Crippen molar-refractivity contribution in [1.82, 2.24) is 0 Å². The lowest BCUT2D eigenvalue weighted by Gasteiger charge is -2.11. The van der Waals surface area contributed by atoms with Crippen LogP contribution in [0.4, 0.5) is 13.2 Å². The van der Waals surface area contributed by atoms with Gasteiger partial charge in [0.1, 0.15) is 10.6 Å². The number of phenols is 1. The van der Waals surface area contributed by atoms with Crippen LogP contribution >= 0.6 is 0 Å². The molecule has 0 heterocycles. The molecule has 0 aliphatic rings. The first-order chi connectivity index (χ1) is 10.5. The van der Waals surface area contributed by atoms with Crippen molar-refractivity contribution >= 4 is 10.0 Å². The third-order valence-electron chi connectivity index (χ3n) is 2.99. The number of halogens is 3. The van der Waals surface area contributed by atoms with Gasteiger partial charge in [-0.1, -0.05) is 6.07 Å². The SMILES string of the molecule is N#Cc1cc(-c2ccc(O)c(S(N)(=O)=O)c2)cc(C(F)(F)F)c1. The number of hydrogen-bond donors (Lipinski definition) is 2. The Morgan fingerprint density at radius 3 is 2.26 bits per heavy atom. The van der Waals surface area contributed by atoms with E-state index in [1.54, 1.807) is 6.07 Å². The Morgan fingerprint density at radius 1 is 1.09 bits per heavy atom. The van der Waals surface area contributed by atoms with Gasteiger partial charge < -0.3 is 5.11 Å². The summed E-state index contributed by atoms with van der Waals surface area (Å²) in [5, 5.41) is 23.3. The van der Waals surface area contributed by atoms with E-state index in [-0.39, 0.29) is 16.7 Å². The predicted molar refractivity (Wildman–Crippen MR) is 74.6 cm³/mol. The van der Waals surface area contributed by atoms with Crippen LogP contribution in [0, 0.1) is 11.3 Å². The van der Waals surface area contributed by atoms with Gasteiger partial charge in [0.25, 0.3) is 0 Å². The number of primary sulfonamides is 1. The summed E-state index contributed by atoms with van der Waals surface area (Å²) in [6.07, 6.45) is -4.67. The Bertz CT molecular complexity index is 916. The number of phenolic OH excluding ortho intramolecular Hbond substituents is 1. The van der Waals surface area contributed by atoms with Gasteiger partial charge in [-0.25, -0.2) is 13.6 Å². The maximum absolute atomic E-state index is 12.9. The van der Waals surface area contributed by atoms with Gasteiger partial charge in [0.05, 0.1) is 17.2 Å². The highest BCUT2D eigenvalue weighted by molar-refractivity contribution is 7.89. The van der Waals surface area contributed by atoms with Crippen molar-refractivity contribution in [3.8, 4) is 22.9 Å². The number of rotatable bonds is 2. The zero-order valence-corrected chi connectivity index (χ0v) is 12.1. The molecule has 0 atom stereocenters. The largest absolute Gasteiger partial charge is 0.507 e. The first kappa shape index (κ1) is 16.8. The maximum Gasteiger partial charge on any atom is 0.416 e. The number of sulfonamides is 1. The van der Waals surface area contributed by atoms with E-state index >= 15 is 0 Å². The molecule has 0 aliphatic carbocycles. The summed E-state index contributed by atoms with van der Waals surface area (Å²) in [4.78, 5) is -0.620. The highest BCUT2D eigenvalue weighted by atomic mass is 32.2. The molecule has 120 valence electrons. The zero-order valence-electron chi connectivity index (χ0n) is 11.3. The van der Waals surface area contributed by atoms with Gasteiger partial charge >= 0.3 is 6.18 Å². The molecule has 0 saturated heterocycles. The molecule has 0 radical (unpaired) electrons. The Labute approximate surface area is 129 Å². The van der Waals surface area contributed by atoms with Crippen LogP contribution in [-0.2, 0) is 16.2 Å². The summed E-state index contributed by atoms with van der Waals surface area (Å²) in [6.45, 7) is 0. The van der Waals surface area contributed by atoms with Crippen LogP contribution in [0.1, 0.15) is 11.1 Å². The standard InChI is InChI=1S/C14H9F3N2O3S/c15-14(16,17)11-4-8(7-18)3-10(5-11)9-1-2-12(20)13(6-9)23(19,21)22/h1-6,20H,(H2,19,21,22). The van der Waals surface area contributed by atoms with Gasteiger partial charge in [0, 0.05) is 0 Å². The molecule has 3 N–H and O–H groups in total. The van der Waals surface area contributed by atoms with Crippen molar-refractivity contribution in [1.29, 1.82) is 5.26 Å². The van der Waals surface area contributed by atoms with Crippen molar-refractivity contribution in [3.63, 3.8) is 0 Å². The average molecular weight is 342 g/mol. The van der Waals surface area contributed by atoms with Crippen LogP contribution in [0.5, 0.6) is 5.75 Å². The first-order valence-corrected chi connectivity index (χ1v) is 7.55. The highest BCUT2D eigenvalue weighted by Crippen LogP contribution is 2.35. The molecule has 2 aromatic rings. The fourth-order valence-electron chi connectivity index (χ4n) is 1.94. The third kappa shape index (κ3) is 3.61. The predicted octanol–water partition coefficient (Wildman–Crippen LogP) is 2.60. The minimum Gasteiger partial charge on any atom is -0.507 e. The van der Waals surface area contributed by atoms with Crippen LogP contribution in [-0.4, -0.2) is 13.5 Å². The molecule has 0 aliphatic heterocycles.